The van der Waals surface area contributed by atoms with Gasteiger partial charge in [-0.25, -0.2) is 8.42 Å². The molecule has 0 aliphatic carbocycles. The van der Waals surface area contributed by atoms with Crippen LogP contribution in [0, 0.1) is 0 Å². The quantitative estimate of drug-likeness (QED) is 0.568. The summed E-state index contributed by atoms with van der Waals surface area (Å²) in [7, 11) is -2.07. The van der Waals surface area contributed by atoms with E-state index in [4.69, 9.17) is 4.74 Å². The van der Waals surface area contributed by atoms with Gasteiger partial charge in [0.2, 0.25) is 0 Å². The van der Waals surface area contributed by atoms with Crippen LogP contribution in [0.2, 0.25) is 0 Å². The van der Waals surface area contributed by atoms with Crippen LogP contribution in [0.1, 0.15) is 16.6 Å². The third kappa shape index (κ3) is 4.19. The predicted octanol–water partition coefficient (Wildman–Crippen LogP) is 3.49. The van der Waals surface area contributed by atoms with Crippen molar-refractivity contribution in [2.45, 2.75) is 11.8 Å². The van der Waals surface area contributed by atoms with Gasteiger partial charge in [-0.15, -0.1) is 11.3 Å². The fourth-order valence-corrected chi connectivity index (χ4v) is 5.31. The summed E-state index contributed by atoms with van der Waals surface area (Å²) in [5, 5.41) is 3.63. The highest BCUT2D eigenvalue weighted by atomic mass is 32.2. The smallest absolute Gasteiger partial charge is 0.264 e. The van der Waals surface area contributed by atoms with Gasteiger partial charge in [-0.1, -0.05) is 18.2 Å². The number of hydrogen-bond acceptors (Lipinski definition) is 5. The van der Waals surface area contributed by atoms with E-state index >= 15 is 0 Å². The number of rotatable bonds is 8. The Morgan fingerprint density at radius 3 is 2.57 bits per heavy atom. The molecule has 1 amide bonds. The fourth-order valence-electron chi connectivity index (χ4n) is 2.86. The van der Waals surface area contributed by atoms with Gasteiger partial charge in [0.25, 0.3) is 15.9 Å². The van der Waals surface area contributed by atoms with E-state index < -0.39 is 10.0 Å². The Labute approximate surface area is 168 Å². The number of methoxy groups -OCH3 is 1. The van der Waals surface area contributed by atoms with Crippen LogP contribution in [0.5, 0.6) is 0 Å². The number of carbonyl (C=O) groups excluding carboxylic acids is 1. The molecule has 0 spiro atoms. The minimum atomic E-state index is -3.65. The minimum Gasteiger partial charge on any atom is -0.383 e. The molecule has 1 heterocycles. The van der Waals surface area contributed by atoms with Gasteiger partial charge in [0.05, 0.1) is 22.1 Å². The number of nitrogens with one attached hydrogen (secondary N) is 1. The topological polar surface area (TPSA) is 75.7 Å². The fraction of sp³-hybridized carbons (Fsp3) is 0.250. The van der Waals surface area contributed by atoms with Crippen LogP contribution in [0.3, 0.4) is 0 Å². The average molecular weight is 419 g/mol. The van der Waals surface area contributed by atoms with Crippen molar-refractivity contribution in [2.24, 2.45) is 0 Å². The highest BCUT2D eigenvalue weighted by Crippen LogP contribution is 2.31. The lowest BCUT2D eigenvalue weighted by Gasteiger charge is -2.23. The van der Waals surface area contributed by atoms with Crippen LogP contribution < -0.4 is 9.62 Å². The molecule has 3 rings (SSSR count). The van der Waals surface area contributed by atoms with Crippen molar-refractivity contribution in [3.8, 4) is 0 Å². The van der Waals surface area contributed by atoms with Crippen LogP contribution in [0.15, 0.2) is 59.5 Å². The van der Waals surface area contributed by atoms with Crippen molar-refractivity contribution in [1.29, 1.82) is 0 Å². The third-order valence-corrected chi connectivity index (χ3v) is 7.25. The molecule has 28 heavy (non-hydrogen) atoms. The van der Waals surface area contributed by atoms with Crippen LogP contribution in [-0.4, -0.2) is 41.1 Å². The summed E-state index contributed by atoms with van der Waals surface area (Å²) in [4.78, 5) is 13.1. The zero-order chi connectivity index (χ0) is 20.1. The summed E-state index contributed by atoms with van der Waals surface area (Å²) in [5.41, 5.74) is 0.572. The van der Waals surface area contributed by atoms with Crippen molar-refractivity contribution >= 4 is 43.0 Å². The molecule has 0 bridgehead atoms. The molecule has 2 aromatic carbocycles. The summed E-state index contributed by atoms with van der Waals surface area (Å²) in [6.07, 6.45) is 0. The Balaban J connectivity index is 1.91. The zero-order valence-corrected chi connectivity index (χ0v) is 17.3. The van der Waals surface area contributed by atoms with Gasteiger partial charge in [0.15, 0.2) is 0 Å². The number of hydrogen-bond donors (Lipinski definition) is 1. The lowest BCUT2D eigenvalue weighted by atomic mass is 10.2. The molecule has 0 atom stereocenters. The van der Waals surface area contributed by atoms with E-state index in [1.54, 1.807) is 56.5 Å². The van der Waals surface area contributed by atoms with Gasteiger partial charge < -0.3 is 10.1 Å². The summed E-state index contributed by atoms with van der Waals surface area (Å²) in [6, 6.07) is 15.6. The Kier molecular flexibility index (Phi) is 6.33. The molecule has 0 unspecified atom stereocenters. The molecule has 0 saturated carbocycles. The van der Waals surface area contributed by atoms with Crippen LogP contribution >= 0.6 is 11.3 Å². The maximum atomic E-state index is 13.0. The number of amides is 1. The molecule has 1 aromatic heterocycles. The first-order chi connectivity index (χ1) is 13.5. The molecule has 0 aliphatic heterocycles. The number of thiophene rings is 1. The number of carbonyl (C=O) groups is 1. The lowest BCUT2D eigenvalue weighted by molar-refractivity contribution is 0.0941. The SMILES string of the molecule is CCN(c1ccc2sc(C(=O)NCCOC)cc2c1)S(=O)(=O)c1ccccc1. The van der Waals surface area contributed by atoms with E-state index in [-0.39, 0.29) is 10.8 Å². The number of anilines is 1. The van der Waals surface area contributed by atoms with Crippen molar-refractivity contribution in [1.82, 2.24) is 5.32 Å². The second-order valence-electron chi connectivity index (χ2n) is 6.06. The standard InChI is InChI=1S/C20H22N2O4S2/c1-3-22(28(24,25)17-7-5-4-6-8-17)16-9-10-18-15(13-16)14-19(27-18)20(23)21-11-12-26-2/h4-10,13-14H,3,11-12H2,1-2H3,(H,21,23). The zero-order valence-electron chi connectivity index (χ0n) is 15.7. The Bertz CT molecular complexity index is 1060. The summed E-state index contributed by atoms with van der Waals surface area (Å²) in [6.45, 7) is 2.99. The second kappa shape index (κ2) is 8.72. The number of ether oxygens (including phenoxy) is 1. The molecule has 0 fully saturated rings. The number of fused-ring (bicyclic) bond motifs is 1. The molecular formula is C20H22N2O4S2. The first kappa shape index (κ1) is 20.3. The van der Waals surface area contributed by atoms with Crippen molar-refractivity contribution in [3.05, 3.63) is 59.5 Å². The molecule has 0 aliphatic rings. The predicted molar refractivity (Wildman–Crippen MR) is 113 cm³/mol. The van der Waals surface area contributed by atoms with E-state index in [2.05, 4.69) is 5.32 Å². The van der Waals surface area contributed by atoms with Crippen LogP contribution in [0.4, 0.5) is 5.69 Å². The Hall–Kier alpha value is -2.42. The first-order valence-corrected chi connectivity index (χ1v) is 11.1. The van der Waals surface area contributed by atoms with Gasteiger partial charge in [0, 0.05) is 24.9 Å². The summed E-state index contributed by atoms with van der Waals surface area (Å²) < 4.78 is 33.3. The van der Waals surface area contributed by atoms with Gasteiger partial charge in [-0.3, -0.25) is 9.10 Å². The first-order valence-electron chi connectivity index (χ1n) is 8.86. The largest absolute Gasteiger partial charge is 0.383 e. The van der Waals surface area contributed by atoms with Crippen molar-refractivity contribution < 1.29 is 17.9 Å². The van der Waals surface area contributed by atoms with Gasteiger partial charge in [-0.2, -0.15) is 0 Å². The maximum absolute atomic E-state index is 13.0. The highest BCUT2D eigenvalue weighted by Gasteiger charge is 2.23. The Morgan fingerprint density at radius 2 is 1.89 bits per heavy atom. The molecule has 0 radical (unpaired) electrons. The van der Waals surface area contributed by atoms with E-state index in [1.165, 1.54) is 15.6 Å². The van der Waals surface area contributed by atoms with E-state index in [1.807, 2.05) is 12.1 Å². The minimum absolute atomic E-state index is 0.163. The molecule has 0 saturated heterocycles. The normalized spacial score (nSPS) is 11.5. The van der Waals surface area contributed by atoms with Crippen LogP contribution in [-0.2, 0) is 14.8 Å². The summed E-state index contributed by atoms with van der Waals surface area (Å²) in [5.74, 6) is -0.163. The number of sulfonamides is 1. The number of benzene rings is 2. The van der Waals surface area contributed by atoms with E-state index in [0.717, 1.165) is 10.1 Å². The monoisotopic (exact) mass is 418 g/mol. The number of nitrogens with zero attached hydrogens (tertiary/aromatic N) is 1. The maximum Gasteiger partial charge on any atom is 0.264 e. The van der Waals surface area contributed by atoms with Crippen LogP contribution in [0.25, 0.3) is 10.1 Å². The molecular weight excluding hydrogens is 396 g/mol. The van der Waals surface area contributed by atoms with Gasteiger partial charge >= 0.3 is 0 Å². The van der Waals surface area contributed by atoms with E-state index in [9.17, 15) is 13.2 Å². The van der Waals surface area contributed by atoms with Gasteiger partial charge in [-0.05, 0) is 48.7 Å². The van der Waals surface area contributed by atoms with Crippen molar-refractivity contribution in [2.75, 3.05) is 31.1 Å². The average Bonchev–Trinajstić information content (AvgIpc) is 3.13. The molecule has 6 nitrogen and oxygen atoms in total. The van der Waals surface area contributed by atoms with Gasteiger partial charge in [0.1, 0.15) is 0 Å². The molecule has 3 aromatic rings. The highest BCUT2D eigenvalue weighted by molar-refractivity contribution is 7.92. The van der Waals surface area contributed by atoms with Crippen molar-refractivity contribution in [3.63, 3.8) is 0 Å². The molecule has 8 heteroatoms. The molecule has 148 valence electrons. The lowest BCUT2D eigenvalue weighted by Crippen LogP contribution is -2.30. The molecule has 1 N–H and O–H groups in total. The second-order valence-corrected chi connectivity index (χ2v) is 9.01. The third-order valence-electron chi connectivity index (χ3n) is 4.22. The van der Waals surface area contributed by atoms with E-state index in [0.29, 0.717) is 30.3 Å². The summed E-state index contributed by atoms with van der Waals surface area (Å²) >= 11 is 1.37. The Morgan fingerprint density at radius 1 is 1.14 bits per heavy atom.